The first-order valence-corrected chi connectivity index (χ1v) is 7.93. The van der Waals surface area contributed by atoms with Crippen molar-refractivity contribution in [3.63, 3.8) is 0 Å². The molecule has 1 aromatic heterocycles. The molecule has 3 aromatic rings. The van der Waals surface area contributed by atoms with Crippen LogP contribution in [0, 0.1) is 0 Å². The largest absolute Gasteiger partial charge is 0.378 e. The molecule has 2 aromatic carbocycles. The molecule has 0 atom stereocenters. The van der Waals surface area contributed by atoms with Crippen molar-refractivity contribution in [2.75, 3.05) is 31.2 Å². The minimum Gasteiger partial charge on any atom is -0.378 e. The molecule has 118 valence electrons. The van der Waals surface area contributed by atoms with Gasteiger partial charge in [-0.3, -0.25) is 4.57 Å². The summed E-state index contributed by atoms with van der Waals surface area (Å²) in [5, 5.41) is 0.607. The predicted molar refractivity (Wildman–Crippen MR) is 91.9 cm³/mol. The minimum atomic E-state index is -0.165. The van der Waals surface area contributed by atoms with Crippen LogP contribution in [0.4, 0.5) is 5.69 Å². The molecule has 4 rings (SSSR count). The van der Waals surface area contributed by atoms with Crippen LogP contribution in [0.15, 0.2) is 47.3 Å². The van der Waals surface area contributed by atoms with Crippen molar-refractivity contribution >= 4 is 28.3 Å². The number of fused-ring (bicyclic) bond motifs is 1. The third-order valence-corrected chi connectivity index (χ3v) is 4.36. The van der Waals surface area contributed by atoms with Gasteiger partial charge in [0.25, 0.3) is 0 Å². The second kappa shape index (κ2) is 5.76. The first-order valence-electron chi connectivity index (χ1n) is 7.56. The van der Waals surface area contributed by atoms with Gasteiger partial charge in [-0.25, -0.2) is 4.79 Å². The lowest BCUT2D eigenvalue weighted by Gasteiger charge is -2.28. The maximum absolute atomic E-state index is 12.3. The van der Waals surface area contributed by atoms with Gasteiger partial charge >= 0.3 is 5.69 Å². The van der Waals surface area contributed by atoms with Crippen LogP contribution in [0.3, 0.4) is 0 Å². The molecule has 0 unspecified atom stereocenters. The van der Waals surface area contributed by atoms with Crippen LogP contribution < -0.4 is 10.6 Å². The summed E-state index contributed by atoms with van der Waals surface area (Å²) in [6, 6.07) is 13.4. The summed E-state index contributed by atoms with van der Waals surface area (Å²) in [4.78, 5) is 17.4. The van der Waals surface area contributed by atoms with E-state index in [0.29, 0.717) is 5.02 Å². The number of benzene rings is 2. The summed E-state index contributed by atoms with van der Waals surface area (Å²) in [5.74, 6) is 0. The number of nitrogens with zero attached hydrogens (tertiary/aromatic N) is 2. The Labute approximate surface area is 138 Å². The number of anilines is 1. The molecular weight excluding hydrogens is 314 g/mol. The smallest absolute Gasteiger partial charge is 0.331 e. The molecule has 1 aliphatic heterocycles. The van der Waals surface area contributed by atoms with Crippen LogP contribution in [0.2, 0.25) is 5.02 Å². The molecule has 1 N–H and O–H groups in total. The van der Waals surface area contributed by atoms with E-state index in [4.69, 9.17) is 16.3 Å². The normalized spacial score (nSPS) is 15.3. The quantitative estimate of drug-likeness (QED) is 0.786. The zero-order chi connectivity index (χ0) is 15.8. The van der Waals surface area contributed by atoms with Crippen molar-refractivity contribution in [3.05, 3.63) is 58.0 Å². The third-order valence-electron chi connectivity index (χ3n) is 4.13. The molecule has 1 saturated heterocycles. The van der Waals surface area contributed by atoms with Gasteiger partial charge in [0, 0.05) is 23.8 Å². The van der Waals surface area contributed by atoms with E-state index >= 15 is 0 Å². The number of halogens is 1. The minimum absolute atomic E-state index is 0.165. The Hall–Kier alpha value is -2.24. The number of hydrogen-bond acceptors (Lipinski definition) is 3. The zero-order valence-electron chi connectivity index (χ0n) is 12.5. The van der Waals surface area contributed by atoms with Gasteiger partial charge in [0.15, 0.2) is 0 Å². The maximum atomic E-state index is 12.3. The van der Waals surface area contributed by atoms with Crippen LogP contribution in [0.1, 0.15) is 0 Å². The highest BCUT2D eigenvalue weighted by Crippen LogP contribution is 2.22. The van der Waals surface area contributed by atoms with E-state index in [9.17, 15) is 4.79 Å². The van der Waals surface area contributed by atoms with Crippen LogP contribution in [0.25, 0.3) is 16.7 Å². The number of hydrogen-bond donors (Lipinski definition) is 1. The fourth-order valence-corrected chi connectivity index (χ4v) is 3.13. The molecule has 0 radical (unpaired) electrons. The summed E-state index contributed by atoms with van der Waals surface area (Å²) in [7, 11) is 0. The van der Waals surface area contributed by atoms with Crippen molar-refractivity contribution in [1.82, 2.24) is 9.55 Å². The number of rotatable bonds is 2. The lowest BCUT2D eigenvalue weighted by Crippen LogP contribution is -2.36. The standard InChI is InChI=1S/C17H16ClN3O2/c18-12-1-6-15-16(11-12)21(17(22)19-15)14-4-2-13(3-5-14)20-7-9-23-10-8-20/h1-6,11H,7-10H2,(H,19,22). The third kappa shape index (κ3) is 2.62. The Morgan fingerprint density at radius 1 is 1.00 bits per heavy atom. The molecular formula is C17H16ClN3O2. The Balaban J connectivity index is 1.75. The van der Waals surface area contributed by atoms with Gasteiger partial charge in [-0.15, -0.1) is 0 Å². The molecule has 0 aliphatic carbocycles. The molecule has 1 aliphatic rings. The van der Waals surface area contributed by atoms with Gasteiger partial charge in [0.1, 0.15) is 0 Å². The van der Waals surface area contributed by atoms with E-state index in [1.165, 1.54) is 0 Å². The summed E-state index contributed by atoms with van der Waals surface area (Å²) < 4.78 is 7.02. The second-order valence-corrected chi connectivity index (χ2v) is 5.98. The molecule has 0 spiro atoms. The highest BCUT2D eigenvalue weighted by Gasteiger charge is 2.13. The highest BCUT2D eigenvalue weighted by molar-refractivity contribution is 6.31. The number of ether oxygens (including phenoxy) is 1. The first-order chi connectivity index (χ1) is 11.2. The molecule has 0 amide bonds. The van der Waals surface area contributed by atoms with Gasteiger partial charge in [-0.05, 0) is 42.5 Å². The van der Waals surface area contributed by atoms with E-state index in [-0.39, 0.29) is 5.69 Å². The number of imidazole rings is 1. The molecule has 0 saturated carbocycles. The molecule has 6 heteroatoms. The number of aromatic amines is 1. The van der Waals surface area contributed by atoms with Crippen molar-refractivity contribution in [1.29, 1.82) is 0 Å². The Bertz CT molecular complexity index is 892. The summed E-state index contributed by atoms with van der Waals surface area (Å²) in [6.07, 6.45) is 0. The van der Waals surface area contributed by atoms with Crippen LogP contribution >= 0.6 is 11.6 Å². The summed E-state index contributed by atoms with van der Waals surface area (Å²) in [6.45, 7) is 3.29. The van der Waals surface area contributed by atoms with Gasteiger partial charge < -0.3 is 14.6 Å². The van der Waals surface area contributed by atoms with Crippen LogP contribution in [-0.4, -0.2) is 35.9 Å². The Kier molecular flexibility index (Phi) is 3.59. The molecule has 0 bridgehead atoms. The second-order valence-electron chi connectivity index (χ2n) is 5.54. The predicted octanol–water partition coefficient (Wildman–Crippen LogP) is 2.81. The SMILES string of the molecule is O=c1[nH]c2ccc(Cl)cc2n1-c1ccc(N2CCOCC2)cc1. The Morgan fingerprint density at radius 3 is 2.43 bits per heavy atom. The lowest BCUT2D eigenvalue weighted by atomic mass is 10.2. The van der Waals surface area contributed by atoms with Crippen molar-refractivity contribution in [3.8, 4) is 5.69 Å². The van der Waals surface area contributed by atoms with Crippen molar-refractivity contribution in [2.24, 2.45) is 0 Å². The number of aromatic nitrogens is 2. The zero-order valence-corrected chi connectivity index (χ0v) is 13.2. The van der Waals surface area contributed by atoms with E-state index in [0.717, 1.165) is 48.7 Å². The molecule has 1 fully saturated rings. The van der Waals surface area contributed by atoms with E-state index < -0.39 is 0 Å². The van der Waals surface area contributed by atoms with Crippen molar-refractivity contribution < 1.29 is 4.74 Å². The van der Waals surface area contributed by atoms with E-state index in [2.05, 4.69) is 9.88 Å². The fraction of sp³-hybridized carbons (Fsp3) is 0.235. The van der Waals surface area contributed by atoms with Gasteiger partial charge in [0.05, 0.1) is 29.9 Å². The highest BCUT2D eigenvalue weighted by atomic mass is 35.5. The van der Waals surface area contributed by atoms with Gasteiger partial charge in [0.2, 0.25) is 0 Å². The lowest BCUT2D eigenvalue weighted by molar-refractivity contribution is 0.122. The number of H-pyrrole nitrogens is 1. The average molecular weight is 330 g/mol. The number of nitrogens with one attached hydrogen (secondary N) is 1. The first kappa shape index (κ1) is 14.4. The van der Waals surface area contributed by atoms with E-state index in [1.54, 1.807) is 16.7 Å². The summed E-state index contributed by atoms with van der Waals surface area (Å²) in [5.41, 5.74) is 3.35. The number of morpholine rings is 1. The van der Waals surface area contributed by atoms with Gasteiger partial charge in [-0.2, -0.15) is 0 Å². The molecule has 2 heterocycles. The fourth-order valence-electron chi connectivity index (χ4n) is 2.97. The topological polar surface area (TPSA) is 50.3 Å². The molecule has 5 nitrogen and oxygen atoms in total. The molecule has 23 heavy (non-hydrogen) atoms. The van der Waals surface area contributed by atoms with Crippen molar-refractivity contribution in [2.45, 2.75) is 0 Å². The van der Waals surface area contributed by atoms with Crippen LogP contribution in [0.5, 0.6) is 0 Å². The van der Waals surface area contributed by atoms with Crippen LogP contribution in [-0.2, 0) is 4.74 Å². The van der Waals surface area contributed by atoms with E-state index in [1.807, 2.05) is 30.3 Å². The van der Waals surface area contributed by atoms with Gasteiger partial charge in [-0.1, -0.05) is 11.6 Å². The monoisotopic (exact) mass is 329 g/mol. The summed E-state index contributed by atoms with van der Waals surface area (Å²) >= 11 is 6.07. The Morgan fingerprint density at radius 2 is 1.70 bits per heavy atom. The average Bonchev–Trinajstić information content (AvgIpc) is 2.91. The maximum Gasteiger partial charge on any atom is 0.331 e.